The van der Waals surface area contributed by atoms with E-state index in [0.717, 1.165) is 62.2 Å². The number of hydrogen-bond donors (Lipinski definition) is 1. The number of anilines is 2. The Bertz CT molecular complexity index is 786. The minimum Gasteiger partial charge on any atom is -0.378 e. The molecular weight excluding hydrogens is 326 g/mol. The van der Waals surface area contributed by atoms with Gasteiger partial charge in [-0.1, -0.05) is 38.0 Å². The van der Waals surface area contributed by atoms with Crippen LogP contribution in [0.1, 0.15) is 32.6 Å². The van der Waals surface area contributed by atoms with Gasteiger partial charge in [0.1, 0.15) is 5.82 Å². The lowest BCUT2D eigenvalue weighted by atomic mass is 9.80. The number of pyridine rings is 1. The van der Waals surface area contributed by atoms with Crippen LogP contribution in [-0.2, 0) is 9.53 Å². The summed E-state index contributed by atoms with van der Waals surface area (Å²) in [5.74, 6) is 1.33. The fourth-order valence-electron chi connectivity index (χ4n) is 4.21. The van der Waals surface area contributed by atoms with Crippen LogP contribution in [-0.4, -0.2) is 37.2 Å². The average Bonchev–Trinajstić information content (AvgIpc) is 2.68. The molecule has 2 fully saturated rings. The standard InChI is InChI=1S/C21H27N3O2/c1-15-6-2-3-7-16(15)21(25)23-20-14-19(24-10-12-26-13-11-24)17-8-4-5-9-18(17)22-20/h4-5,8-9,14-16H,2-3,6-7,10-13H2,1H3,(H,22,23,25). The van der Waals surface area contributed by atoms with Crippen molar-refractivity contribution in [2.24, 2.45) is 11.8 Å². The van der Waals surface area contributed by atoms with Crippen molar-refractivity contribution in [2.45, 2.75) is 32.6 Å². The summed E-state index contributed by atoms with van der Waals surface area (Å²) in [5, 5.41) is 4.23. The van der Waals surface area contributed by atoms with Crippen molar-refractivity contribution >= 4 is 28.3 Å². The smallest absolute Gasteiger partial charge is 0.228 e. The normalized spacial score (nSPS) is 23.8. The van der Waals surface area contributed by atoms with Gasteiger partial charge in [-0.15, -0.1) is 0 Å². The van der Waals surface area contributed by atoms with Gasteiger partial charge in [0, 0.05) is 36.1 Å². The van der Waals surface area contributed by atoms with Gasteiger partial charge in [0.05, 0.1) is 18.7 Å². The van der Waals surface area contributed by atoms with E-state index in [0.29, 0.717) is 11.7 Å². The number of benzene rings is 1. The molecule has 1 aromatic carbocycles. The molecule has 1 aromatic heterocycles. The number of para-hydroxylation sites is 1. The minimum atomic E-state index is 0.101. The Balaban J connectivity index is 1.63. The third kappa shape index (κ3) is 3.54. The number of ether oxygens (including phenoxy) is 1. The van der Waals surface area contributed by atoms with Crippen LogP contribution in [0.15, 0.2) is 30.3 Å². The predicted molar refractivity (Wildman–Crippen MR) is 105 cm³/mol. The van der Waals surface area contributed by atoms with Crippen LogP contribution in [0.5, 0.6) is 0 Å². The number of rotatable bonds is 3. The van der Waals surface area contributed by atoms with Gasteiger partial charge in [-0.25, -0.2) is 4.98 Å². The van der Waals surface area contributed by atoms with Gasteiger partial charge in [0.2, 0.25) is 5.91 Å². The second kappa shape index (κ2) is 7.62. The molecule has 1 aliphatic carbocycles. The maximum absolute atomic E-state index is 12.8. The zero-order chi connectivity index (χ0) is 17.9. The van der Waals surface area contributed by atoms with Crippen molar-refractivity contribution in [3.8, 4) is 0 Å². The largest absolute Gasteiger partial charge is 0.378 e. The van der Waals surface area contributed by atoms with E-state index in [1.165, 1.54) is 6.42 Å². The van der Waals surface area contributed by atoms with E-state index in [1.54, 1.807) is 0 Å². The monoisotopic (exact) mass is 353 g/mol. The SMILES string of the molecule is CC1CCCCC1C(=O)Nc1cc(N2CCOCC2)c2ccccc2n1. The van der Waals surface area contributed by atoms with Gasteiger partial charge in [0.15, 0.2) is 0 Å². The molecule has 5 heteroatoms. The van der Waals surface area contributed by atoms with Crippen LogP contribution >= 0.6 is 0 Å². The molecule has 26 heavy (non-hydrogen) atoms. The molecule has 2 atom stereocenters. The Morgan fingerprint density at radius 2 is 1.96 bits per heavy atom. The summed E-state index contributed by atoms with van der Waals surface area (Å²) < 4.78 is 5.49. The van der Waals surface area contributed by atoms with Crippen molar-refractivity contribution in [1.29, 1.82) is 0 Å². The van der Waals surface area contributed by atoms with Crippen molar-refractivity contribution in [3.05, 3.63) is 30.3 Å². The molecule has 1 saturated heterocycles. The number of nitrogens with one attached hydrogen (secondary N) is 1. The van der Waals surface area contributed by atoms with Crippen molar-refractivity contribution in [2.75, 3.05) is 36.5 Å². The van der Waals surface area contributed by atoms with Gasteiger partial charge in [-0.05, 0) is 24.8 Å². The summed E-state index contributed by atoms with van der Waals surface area (Å²) in [6, 6.07) is 10.2. The van der Waals surface area contributed by atoms with Crippen LogP contribution in [0.25, 0.3) is 10.9 Å². The van der Waals surface area contributed by atoms with E-state index >= 15 is 0 Å². The Hall–Kier alpha value is -2.14. The quantitative estimate of drug-likeness (QED) is 0.911. The maximum Gasteiger partial charge on any atom is 0.228 e. The Kier molecular flexibility index (Phi) is 5.07. The number of carbonyl (C=O) groups is 1. The highest BCUT2D eigenvalue weighted by atomic mass is 16.5. The number of hydrogen-bond acceptors (Lipinski definition) is 4. The second-order valence-electron chi connectivity index (χ2n) is 7.50. The number of carbonyl (C=O) groups excluding carboxylic acids is 1. The zero-order valence-electron chi connectivity index (χ0n) is 15.4. The molecule has 2 aromatic rings. The zero-order valence-corrected chi connectivity index (χ0v) is 15.4. The third-order valence-corrected chi connectivity index (χ3v) is 5.75. The molecular formula is C21H27N3O2. The second-order valence-corrected chi connectivity index (χ2v) is 7.50. The van der Waals surface area contributed by atoms with Crippen LogP contribution in [0, 0.1) is 11.8 Å². The van der Waals surface area contributed by atoms with Crippen molar-refractivity contribution in [3.63, 3.8) is 0 Å². The molecule has 2 heterocycles. The first-order chi connectivity index (χ1) is 12.7. The molecule has 0 spiro atoms. The first-order valence-corrected chi connectivity index (χ1v) is 9.76. The number of aromatic nitrogens is 1. The minimum absolute atomic E-state index is 0.101. The van der Waals surface area contributed by atoms with E-state index in [4.69, 9.17) is 9.72 Å². The van der Waals surface area contributed by atoms with Gasteiger partial charge < -0.3 is 15.0 Å². The van der Waals surface area contributed by atoms with Crippen LogP contribution < -0.4 is 10.2 Å². The van der Waals surface area contributed by atoms with E-state index in [2.05, 4.69) is 23.2 Å². The molecule has 138 valence electrons. The summed E-state index contributed by atoms with van der Waals surface area (Å²) in [5.41, 5.74) is 2.05. The van der Waals surface area contributed by atoms with E-state index in [9.17, 15) is 4.79 Å². The van der Waals surface area contributed by atoms with Gasteiger partial charge in [0.25, 0.3) is 0 Å². The molecule has 2 aliphatic rings. The topological polar surface area (TPSA) is 54.5 Å². The third-order valence-electron chi connectivity index (χ3n) is 5.75. The lowest BCUT2D eigenvalue weighted by Gasteiger charge is -2.30. The van der Waals surface area contributed by atoms with Crippen molar-refractivity contribution in [1.82, 2.24) is 4.98 Å². The number of morpholine rings is 1. The molecule has 0 bridgehead atoms. The lowest BCUT2D eigenvalue weighted by Crippen LogP contribution is -2.36. The fourth-order valence-corrected chi connectivity index (χ4v) is 4.21. The molecule has 1 N–H and O–H groups in total. The van der Waals surface area contributed by atoms with Crippen LogP contribution in [0.2, 0.25) is 0 Å². The van der Waals surface area contributed by atoms with Gasteiger partial charge in [-0.3, -0.25) is 4.79 Å². The highest BCUT2D eigenvalue weighted by Gasteiger charge is 2.28. The van der Waals surface area contributed by atoms with Crippen LogP contribution in [0.4, 0.5) is 11.5 Å². The average molecular weight is 353 g/mol. The van der Waals surface area contributed by atoms with Gasteiger partial charge >= 0.3 is 0 Å². The summed E-state index contributed by atoms with van der Waals surface area (Å²) in [4.78, 5) is 19.8. The molecule has 5 nitrogen and oxygen atoms in total. The molecule has 2 unspecified atom stereocenters. The number of amides is 1. The highest BCUT2D eigenvalue weighted by molar-refractivity contribution is 5.97. The fraction of sp³-hybridized carbons (Fsp3) is 0.524. The lowest BCUT2D eigenvalue weighted by molar-refractivity contribution is -0.122. The summed E-state index contributed by atoms with van der Waals surface area (Å²) in [7, 11) is 0. The van der Waals surface area contributed by atoms with Gasteiger partial charge in [-0.2, -0.15) is 0 Å². The highest BCUT2D eigenvalue weighted by Crippen LogP contribution is 2.32. The van der Waals surface area contributed by atoms with E-state index in [-0.39, 0.29) is 11.8 Å². The molecule has 1 saturated carbocycles. The Morgan fingerprint density at radius 3 is 2.77 bits per heavy atom. The Morgan fingerprint density at radius 1 is 1.19 bits per heavy atom. The van der Waals surface area contributed by atoms with Crippen molar-refractivity contribution < 1.29 is 9.53 Å². The molecule has 1 amide bonds. The Labute approximate surface area is 154 Å². The number of nitrogens with zero attached hydrogens (tertiary/aromatic N) is 2. The summed E-state index contributed by atoms with van der Waals surface area (Å²) >= 11 is 0. The first-order valence-electron chi connectivity index (χ1n) is 9.76. The predicted octanol–water partition coefficient (Wildman–Crippen LogP) is 3.84. The van der Waals surface area contributed by atoms with E-state index < -0.39 is 0 Å². The molecule has 1 aliphatic heterocycles. The van der Waals surface area contributed by atoms with Crippen LogP contribution in [0.3, 0.4) is 0 Å². The number of fused-ring (bicyclic) bond motifs is 1. The molecule has 0 radical (unpaired) electrons. The molecule has 4 rings (SSSR count). The summed E-state index contributed by atoms with van der Waals surface area (Å²) in [6.07, 6.45) is 4.51. The maximum atomic E-state index is 12.8. The van der Waals surface area contributed by atoms with E-state index in [1.807, 2.05) is 24.3 Å². The first kappa shape index (κ1) is 17.3. The summed E-state index contributed by atoms with van der Waals surface area (Å²) in [6.45, 7) is 5.38.